The van der Waals surface area contributed by atoms with E-state index in [9.17, 15) is 14.9 Å². The molecule has 0 fully saturated rings. The smallest absolute Gasteiger partial charge is 0.362 e. The zero-order chi connectivity index (χ0) is 15.1. The number of carbonyl (C=O) groups is 1. The summed E-state index contributed by atoms with van der Waals surface area (Å²) in [6.45, 7) is 4.69. The minimum absolute atomic E-state index is 0.128. The minimum atomic E-state index is -0.709. The summed E-state index contributed by atoms with van der Waals surface area (Å²) in [5.41, 5.74) is -0.694. The van der Waals surface area contributed by atoms with Crippen LogP contribution in [0.3, 0.4) is 0 Å². The molecule has 0 aliphatic heterocycles. The standard InChI is InChI=1S/C11H18N4O5/c1-7(2)20-6-4-5-12-10(16)8-9(15(17)18)11(19-3)14-13-8/h7H,4-6H2,1-3H3,(H,12,16)(H,13,14). The van der Waals surface area contributed by atoms with Crippen molar-refractivity contribution < 1.29 is 19.2 Å². The fraction of sp³-hybridized carbons (Fsp3) is 0.636. The van der Waals surface area contributed by atoms with Gasteiger partial charge >= 0.3 is 11.6 Å². The van der Waals surface area contributed by atoms with Crippen molar-refractivity contribution in [3.63, 3.8) is 0 Å². The predicted octanol–water partition coefficient (Wildman–Crippen LogP) is 0.871. The molecule has 2 N–H and O–H groups in total. The molecule has 0 unspecified atom stereocenters. The van der Waals surface area contributed by atoms with E-state index in [1.165, 1.54) is 7.11 Å². The van der Waals surface area contributed by atoms with Crippen LogP contribution in [0.5, 0.6) is 5.88 Å². The van der Waals surface area contributed by atoms with Gasteiger partial charge in [-0.15, -0.1) is 5.10 Å². The van der Waals surface area contributed by atoms with Crippen molar-refractivity contribution in [2.45, 2.75) is 26.4 Å². The number of rotatable bonds is 8. The second kappa shape index (κ2) is 7.43. The lowest BCUT2D eigenvalue weighted by molar-refractivity contribution is -0.386. The highest BCUT2D eigenvalue weighted by molar-refractivity contribution is 5.97. The van der Waals surface area contributed by atoms with Crippen molar-refractivity contribution >= 4 is 11.6 Å². The molecule has 0 atom stereocenters. The van der Waals surface area contributed by atoms with Gasteiger partial charge in [0.1, 0.15) is 0 Å². The molecular weight excluding hydrogens is 268 g/mol. The number of nitrogens with one attached hydrogen (secondary N) is 2. The normalized spacial score (nSPS) is 10.6. The van der Waals surface area contributed by atoms with Crippen LogP contribution in [0, 0.1) is 10.1 Å². The summed E-state index contributed by atoms with van der Waals surface area (Å²) >= 11 is 0. The molecule has 0 aromatic carbocycles. The lowest BCUT2D eigenvalue weighted by atomic mass is 10.3. The minimum Gasteiger partial charge on any atom is -0.475 e. The number of H-pyrrole nitrogens is 1. The number of carbonyl (C=O) groups excluding carboxylic acids is 1. The van der Waals surface area contributed by atoms with Crippen molar-refractivity contribution in [1.29, 1.82) is 0 Å². The van der Waals surface area contributed by atoms with Gasteiger partial charge in [0.05, 0.1) is 18.1 Å². The molecule has 0 aliphatic carbocycles. The van der Waals surface area contributed by atoms with Crippen LogP contribution in [-0.2, 0) is 4.74 Å². The second-order valence-electron chi connectivity index (χ2n) is 4.24. The van der Waals surface area contributed by atoms with Gasteiger partial charge in [-0.3, -0.25) is 20.0 Å². The first kappa shape index (κ1) is 15.9. The number of ether oxygens (including phenoxy) is 2. The predicted molar refractivity (Wildman–Crippen MR) is 69.8 cm³/mol. The Morgan fingerprint density at radius 3 is 2.80 bits per heavy atom. The molecule has 0 aliphatic rings. The monoisotopic (exact) mass is 286 g/mol. The Labute approximate surface area is 115 Å². The summed E-state index contributed by atoms with van der Waals surface area (Å²) < 4.78 is 10.0. The highest BCUT2D eigenvalue weighted by Crippen LogP contribution is 2.27. The van der Waals surface area contributed by atoms with E-state index < -0.39 is 16.5 Å². The molecule has 0 saturated carbocycles. The highest BCUT2D eigenvalue weighted by atomic mass is 16.6. The van der Waals surface area contributed by atoms with E-state index in [1.807, 2.05) is 13.8 Å². The van der Waals surface area contributed by atoms with Crippen molar-refractivity contribution in [2.24, 2.45) is 0 Å². The molecule has 0 bridgehead atoms. The van der Waals surface area contributed by atoms with E-state index in [0.29, 0.717) is 19.6 Å². The fourth-order valence-corrected chi connectivity index (χ4v) is 1.47. The maximum Gasteiger partial charge on any atom is 0.362 e. The van der Waals surface area contributed by atoms with Crippen molar-refractivity contribution in [3.05, 3.63) is 15.8 Å². The molecule has 0 saturated heterocycles. The number of nitro groups is 1. The van der Waals surface area contributed by atoms with Crippen LogP contribution in [0.15, 0.2) is 0 Å². The third-order valence-corrected chi connectivity index (χ3v) is 2.37. The van der Waals surface area contributed by atoms with Gasteiger partial charge in [-0.25, -0.2) is 0 Å². The third-order valence-electron chi connectivity index (χ3n) is 2.37. The summed E-state index contributed by atoms with van der Waals surface area (Å²) in [5.74, 6) is -0.819. The average molecular weight is 286 g/mol. The van der Waals surface area contributed by atoms with Crippen LogP contribution in [0.25, 0.3) is 0 Å². The number of aromatic nitrogens is 2. The zero-order valence-corrected chi connectivity index (χ0v) is 11.6. The summed E-state index contributed by atoms with van der Waals surface area (Å²) in [5, 5.41) is 19.3. The first-order valence-corrected chi connectivity index (χ1v) is 6.14. The van der Waals surface area contributed by atoms with E-state index in [2.05, 4.69) is 15.5 Å². The first-order chi connectivity index (χ1) is 9.47. The zero-order valence-electron chi connectivity index (χ0n) is 11.6. The quantitative estimate of drug-likeness (QED) is 0.415. The van der Waals surface area contributed by atoms with Gasteiger partial charge in [-0.05, 0) is 20.3 Å². The summed E-state index contributed by atoms with van der Waals surface area (Å²) in [4.78, 5) is 22.0. The first-order valence-electron chi connectivity index (χ1n) is 6.14. The SMILES string of the molecule is COc1n[nH]c(C(=O)NCCCOC(C)C)c1[N+](=O)[O-]. The molecular formula is C11H18N4O5. The van der Waals surface area contributed by atoms with Crippen LogP contribution in [0.4, 0.5) is 5.69 Å². The Morgan fingerprint density at radius 2 is 2.25 bits per heavy atom. The lowest BCUT2D eigenvalue weighted by Gasteiger charge is -2.07. The van der Waals surface area contributed by atoms with Crippen LogP contribution in [-0.4, -0.2) is 47.4 Å². The largest absolute Gasteiger partial charge is 0.475 e. The highest BCUT2D eigenvalue weighted by Gasteiger charge is 2.29. The number of aromatic amines is 1. The van der Waals surface area contributed by atoms with E-state index >= 15 is 0 Å². The number of hydrogen-bond acceptors (Lipinski definition) is 6. The van der Waals surface area contributed by atoms with Gasteiger partial charge in [0, 0.05) is 13.2 Å². The van der Waals surface area contributed by atoms with Gasteiger partial charge < -0.3 is 14.8 Å². The van der Waals surface area contributed by atoms with E-state index in [0.717, 1.165) is 0 Å². The van der Waals surface area contributed by atoms with Crippen LogP contribution in [0.2, 0.25) is 0 Å². The van der Waals surface area contributed by atoms with E-state index in [4.69, 9.17) is 9.47 Å². The molecule has 1 rings (SSSR count). The van der Waals surface area contributed by atoms with Crippen molar-refractivity contribution in [3.8, 4) is 5.88 Å². The van der Waals surface area contributed by atoms with Crippen LogP contribution < -0.4 is 10.1 Å². The maximum atomic E-state index is 11.8. The van der Waals surface area contributed by atoms with Gasteiger partial charge in [0.15, 0.2) is 0 Å². The maximum absolute atomic E-state index is 11.8. The van der Waals surface area contributed by atoms with Gasteiger partial charge in [-0.2, -0.15) is 0 Å². The number of hydrogen-bond donors (Lipinski definition) is 2. The molecule has 20 heavy (non-hydrogen) atoms. The Morgan fingerprint density at radius 1 is 1.55 bits per heavy atom. The average Bonchev–Trinajstić information content (AvgIpc) is 2.81. The van der Waals surface area contributed by atoms with Crippen LogP contribution in [0.1, 0.15) is 30.8 Å². The fourth-order valence-electron chi connectivity index (χ4n) is 1.47. The number of amides is 1. The molecule has 112 valence electrons. The summed E-state index contributed by atoms with van der Waals surface area (Å²) in [6.07, 6.45) is 0.742. The van der Waals surface area contributed by atoms with Crippen molar-refractivity contribution in [1.82, 2.24) is 15.5 Å². The molecule has 1 aromatic rings. The Bertz CT molecular complexity index is 471. The van der Waals surface area contributed by atoms with E-state index in [1.54, 1.807) is 0 Å². The lowest BCUT2D eigenvalue weighted by Crippen LogP contribution is -2.26. The third kappa shape index (κ3) is 4.19. The molecule has 1 amide bonds. The molecule has 0 radical (unpaired) electrons. The molecule has 9 heteroatoms. The van der Waals surface area contributed by atoms with Crippen molar-refractivity contribution in [2.75, 3.05) is 20.3 Å². The van der Waals surface area contributed by atoms with Gasteiger partial charge in [0.25, 0.3) is 5.91 Å². The summed E-state index contributed by atoms with van der Waals surface area (Å²) in [7, 11) is 1.24. The number of nitrogens with zero attached hydrogens (tertiary/aromatic N) is 2. The molecule has 9 nitrogen and oxygen atoms in total. The summed E-state index contributed by atoms with van der Waals surface area (Å²) in [6, 6.07) is 0. The molecule has 0 spiro atoms. The number of methoxy groups -OCH3 is 1. The van der Waals surface area contributed by atoms with E-state index in [-0.39, 0.29) is 17.7 Å². The Kier molecular flexibility index (Phi) is 5.91. The Balaban J connectivity index is 2.55. The Hall–Kier alpha value is -2.16. The van der Waals surface area contributed by atoms with Crippen LogP contribution >= 0.6 is 0 Å². The molecule has 1 aromatic heterocycles. The molecule has 1 heterocycles. The van der Waals surface area contributed by atoms with Gasteiger partial charge in [0.2, 0.25) is 5.69 Å². The second-order valence-corrected chi connectivity index (χ2v) is 4.24. The van der Waals surface area contributed by atoms with Gasteiger partial charge in [-0.1, -0.05) is 0 Å². The topological polar surface area (TPSA) is 119 Å².